The predicted molar refractivity (Wildman–Crippen MR) is 153 cm³/mol. The number of hydrogen-bond donors (Lipinski definition) is 1. The molecular weight excluding hydrogens is 531 g/mol. The fourth-order valence-electron chi connectivity index (χ4n) is 4.76. The second kappa shape index (κ2) is 13.4. The molecule has 1 heterocycles. The zero-order valence-corrected chi connectivity index (χ0v) is 23.2. The average molecular weight is 566 g/mol. The van der Waals surface area contributed by atoms with E-state index in [0.29, 0.717) is 32.5 Å². The van der Waals surface area contributed by atoms with E-state index in [1.54, 1.807) is 4.90 Å². The number of para-hydroxylation sites is 1. The minimum atomic E-state index is -4.57. The van der Waals surface area contributed by atoms with Gasteiger partial charge in [0.1, 0.15) is 12.3 Å². The molecule has 0 aliphatic heterocycles. The Morgan fingerprint density at radius 2 is 1.66 bits per heavy atom. The van der Waals surface area contributed by atoms with E-state index in [-0.39, 0.29) is 24.6 Å². The zero-order chi connectivity index (χ0) is 29.4. The highest BCUT2D eigenvalue weighted by molar-refractivity contribution is 5.96. The molecule has 1 N–H and O–H groups in total. The van der Waals surface area contributed by atoms with Gasteiger partial charge in [0.15, 0.2) is 0 Å². The minimum Gasteiger partial charge on any atom is -0.494 e. The lowest BCUT2D eigenvalue weighted by Gasteiger charge is -2.28. The van der Waals surface area contributed by atoms with E-state index < -0.39 is 17.6 Å². The summed E-state index contributed by atoms with van der Waals surface area (Å²) in [6.07, 6.45) is -1.50. The number of fused-ring (bicyclic) bond motifs is 1. The Morgan fingerprint density at radius 3 is 2.37 bits per heavy atom. The molecule has 9 heteroatoms. The molecule has 216 valence electrons. The average Bonchev–Trinajstić information content (AvgIpc) is 3.38. The normalized spacial score (nSPS) is 11.4. The Labute approximate surface area is 237 Å². The van der Waals surface area contributed by atoms with Gasteiger partial charge < -0.3 is 19.5 Å². The first kappa shape index (κ1) is 29.7. The molecular formula is C32H34F3N3O3. The summed E-state index contributed by atoms with van der Waals surface area (Å²) in [6, 6.07) is 19.7. The lowest BCUT2D eigenvalue weighted by molar-refractivity contribution is -0.137. The molecule has 1 aromatic heterocycles. The molecule has 0 saturated carbocycles. The Morgan fingerprint density at radius 1 is 0.902 bits per heavy atom. The fraction of sp³-hybridized carbons (Fsp3) is 0.312. The molecule has 0 aliphatic rings. The van der Waals surface area contributed by atoms with Crippen molar-refractivity contribution >= 4 is 22.7 Å². The number of halogens is 3. The summed E-state index contributed by atoms with van der Waals surface area (Å²) in [5.74, 6) is -0.162. The maximum absolute atomic E-state index is 13.7. The summed E-state index contributed by atoms with van der Waals surface area (Å²) in [5.41, 5.74) is 1.97. The number of nitrogens with one attached hydrogen (secondary N) is 1. The van der Waals surface area contributed by atoms with Crippen molar-refractivity contribution in [3.05, 3.63) is 101 Å². The highest BCUT2D eigenvalue weighted by Gasteiger charge is 2.31. The standard InChI is InChI=1S/C32H34F3N3O3/c1-3-17-38(31(40)24-8-7-9-26(19-24)32(33,34)35)22-30(39)37(21-23-12-14-27(15-13-23)41-4-2)18-16-25-20-36-29-11-6-5-10-28(25)29/h5-15,19-20,36H,3-4,16-18,21-22H2,1-2H3. The van der Waals surface area contributed by atoms with E-state index in [4.69, 9.17) is 4.74 Å². The van der Waals surface area contributed by atoms with Gasteiger partial charge in [-0.1, -0.05) is 43.3 Å². The molecule has 0 bridgehead atoms. The van der Waals surface area contributed by atoms with Crippen LogP contribution < -0.4 is 4.74 Å². The van der Waals surface area contributed by atoms with Crippen LogP contribution in [0.3, 0.4) is 0 Å². The van der Waals surface area contributed by atoms with Crippen LogP contribution in [-0.2, 0) is 23.9 Å². The third-order valence-electron chi connectivity index (χ3n) is 6.83. The highest BCUT2D eigenvalue weighted by Crippen LogP contribution is 2.30. The number of hydrogen-bond acceptors (Lipinski definition) is 3. The molecule has 4 rings (SSSR count). The van der Waals surface area contributed by atoms with Crippen molar-refractivity contribution < 1.29 is 27.5 Å². The van der Waals surface area contributed by atoms with Crippen molar-refractivity contribution in [2.75, 3.05) is 26.2 Å². The quantitative estimate of drug-likeness (QED) is 0.208. The van der Waals surface area contributed by atoms with Gasteiger partial charge in [0, 0.05) is 42.3 Å². The van der Waals surface area contributed by atoms with Crippen molar-refractivity contribution in [2.45, 2.75) is 39.4 Å². The number of aromatic nitrogens is 1. The van der Waals surface area contributed by atoms with Crippen LogP contribution in [0.2, 0.25) is 0 Å². The SMILES string of the molecule is CCCN(CC(=O)N(CCc1c[nH]c2ccccc12)Cc1ccc(OCC)cc1)C(=O)c1cccc(C(F)(F)F)c1. The van der Waals surface area contributed by atoms with E-state index in [1.165, 1.54) is 17.0 Å². The largest absolute Gasteiger partial charge is 0.494 e. The summed E-state index contributed by atoms with van der Waals surface area (Å²) in [5, 5.41) is 1.08. The van der Waals surface area contributed by atoms with Gasteiger partial charge in [0.05, 0.1) is 12.2 Å². The van der Waals surface area contributed by atoms with Crippen molar-refractivity contribution in [2.24, 2.45) is 0 Å². The number of alkyl halides is 3. The molecule has 4 aromatic rings. The number of benzene rings is 3. The number of nitrogens with zero attached hydrogens (tertiary/aromatic N) is 2. The van der Waals surface area contributed by atoms with Crippen LogP contribution in [0.1, 0.15) is 47.3 Å². The number of ether oxygens (including phenoxy) is 1. The van der Waals surface area contributed by atoms with Gasteiger partial charge in [0.25, 0.3) is 5.91 Å². The van der Waals surface area contributed by atoms with Gasteiger partial charge in [-0.05, 0) is 67.3 Å². The number of amides is 2. The molecule has 0 atom stereocenters. The number of carbonyl (C=O) groups is 2. The topological polar surface area (TPSA) is 65.6 Å². The van der Waals surface area contributed by atoms with Crippen LogP contribution >= 0.6 is 0 Å². The number of H-pyrrole nitrogens is 1. The number of aromatic amines is 1. The molecule has 0 radical (unpaired) electrons. The second-order valence-electron chi connectivity index (χ2n) is 9.81. The molecule has 3 aromatic carbocycles. The van der Waals surface area contributed by atoms with E-state index >= 15 is 0 Å². The van der Waals surface area contributed by atoms with E-state index in [0.717, 1.165) is 39.9 Å². The molecule has 6 nitrogen and oxygen atoms in total. The molecule has 0 fully saturated rings. The Bertz CT molecular complexity index is 1460. The number of carbonyl (C=O) groups excluding carboxylic acids is 2. The molecule has 2 amide bonds. The van der Waals surface area contributed by atoms with E-state index in [2.05, 4.69) is 4.98 Å². The molecule has 0 spiro atoms. The van der Waals surface area contributed by atoms with E-state index in [1.807, 2.05) is 68.6 Å². The van der Waals surface area contributed by atoms with Gasteiger partial charge >= 0.3 is 6.18 Å². The van der Waals surface area contributed by atoms with Gasteiger partial charge in [-0.2, -0.15) is 13.2 Å². The van der Waals surface area contributed by atoms with Crippen molar-refractivity contribution in [3.63, 3.8) is 0 Å². The van der Waals surface area contributed by atoms with Crippen LogP contribution in [0.15, 0.2) is 79.0 Å². The predicted octanol–water partition coefficient (Wildman–Crippen LogP) is 6.71. The van der Waals surface area contributed by atoms with Crippen molar-refractivity contribution in [1.82, 2.24) is 14.8 Å². The summed E-state index contributed by atoms with van der Waals surface area (Å²) in [4.78, 5) is 33.3. The summed E-state index contributed by atoms with van der Waals surface area (Å²) >= 11 is 0. The Balaban J connectivity index is 1.55. The van der Waals surface area contributed by atoms with Crippen molar-refractivity contribution in [1.29, 1.82) is 0 Å². The first-order valence-corrected chi connectivity index (χ1v) is 13.7. The van der Waals surface area contributed by atoms with Gasteiger partial charge in [-0.3, -0.25) is 9.59 Å². The monoisotopic (exact) mass is 565 g/mol. The van der Waals surface area contributed by atoms with Crippen LogP contribution in [-0.4, -0.2) is 52.8 Å². The first-order chi connectivity index (χ1) is 19.7. The van der Waals surface area contributed by atoms with Crippen LogP contribution in [0, 0.1) is 0 Å². The summed E-state index contributed by atoms with van der Waals surface area (Å²) in [7, 11) is 0. The fourth-order valence-corrected chi connectivity index (χ4v) is 4.76. The van der Waals surface area contributed by atoms with Crippen LogP contribution in [0.25, 0.3) is 10.9 Å². The summed E-state index contributed by atoms with van der Waals surface area (Å²) in [6.45, 7) is 5.00. The Kier molecular flexibility index (Phi) is 9.70. The maximum Gasteiger partial charge on any atom is 0.416 e. The third kappa shape index (κ3) is 7.68. The number of rotatable bonds is 12. The molecule has 0 saturated heterocycles. The van der Waals surface area contributed by atoms with Gasteiger partial charge in [-0.25, -0.2) is 0 Å². The first-order valence-electron chi connectivity index (χ1n) is 13.7. The highest BCUT2D eigenvalue weighted by atomic mass is 19.4. The lowest BCUT2D eigenvalue weighted by atomic mass is 10.1. The zero-order valence-electron chi connectivity index (χ0n) is 23.2. The molecule has 41 heavy (non-hydrogen) atoms. The van der Waals surface area contributed by atoms with Crippen molar-refractivity contribution in [3.8, 4) is 5.75 Å². The third-order valence-corrected chi connectivity index (χ3v) is 6.83. The molecule has 0 unspecified atom stereocenters. The van der Waals surface area contributed by atoms with Gasteiger partial charge in [-0.15, -0.1) is 0 Å². The lowest BCUT2D eigenvalue weighted by Crippen LogP contribution is -2.43. The van der Waals surface area contributed by atoms with E-state index in [9.17, 15) is 22.8 Å². The smallest absolute Gasteiger partial charge is 0.416 e. The van der Waals surface area contributed by atoms with Gasteiger partial charge in [0.2, 0.25) is 5.91 Å². The van der Waals surface area contributed by atoms with Crippen LogP contribution in [0.4, 0.5) is 13.2 Å². The minimum absolute atomic E-state index is 0.0991. The maximum atomic E-state index is 13.7. The Hall–Kier alpha value is -4.27. The van der Waals surface area contributed by atoms with Crippen LogP contribution in [0.5, 0.6) is 5.75 Å². The molecule has 0 aliphatic carbocycles. The summed E-state index contributed by atoms with van der Waals surface area (Å²) < 4.78 is 45.4. The second-order valence-corrected chi connectivity index (χ2v) is 9.81.